The molecule has 182 valence electrons. The molecule has 34 heavy (non-hydrogen) atoms. The van der Waals surface area contributed by atoms with E-state index >= 15 is 0 Å². The highest BCUT2D eigenvalue weighted by molar-refractivity contribution is 6.09. The number of halogens is 6. The first-order valence-corrected chi connectivity index (χ1v) is 10.3. The van der Waals surface area contributed by atoms with Crippen molar-refractivity contribution in [1.29, 1.82) is 0 Å². The summed E-state index contributed by atoms with van der Waals surface area (Å²) >= 11 is 0. The summed E-state index contributed by atoms with van der Waals surface area (Å²) in [4.78, 5) is 27.9. The van der Waals surface area contributed by atoms with E-state index in [1.807, 2.05) is 0 Å². The third-order valence-corrected chi connectivity index (χ3v) is 6.27. The van der Waals surface area contributed by atoms with Gasteiger partial charge < -0.3 is 15.0 Å². The molecule has 4 rings (SSSR count). The molecular weight excluding hydrogens is 466 g/mol. The maximum absolute atomic E-state index is 13.3. The van der Waals surface area contributed by atoms with Crippen LogP contribution in [-0.2, 0) is 26.7 Å². The van der Waals surface area contributed by atoms with Crippen molar-refractivity contribution in [2.24, 2.45) is 5.41 Å². The predicted octanol–water partition coefficient (Wildman–Crippen LogP) is 5.10. The van der Waals surface area contributed by atoms with E-state index in [0.29, 0.717) is 17.8 Å². The molecule has 2 aliphatic heterocycles. The summed E-state index contributed by atoms with van der Waals surface area (Å²) in [6.45, 7) is 3.52. The number of aryl methyl sites for hydroxylation is 2. The van der Waals surface area contributed by atoms with E-state index in [1.165, 1.54) is 4.90 Å². The Balaban J connectivity index is 1.70. The summed E-state index contributed by atoms with van der Waals surface area (Å²) in [6.07, 6.45) is -11.2. The highest BCUT2D eigenvalue weighted by Crippen LogP contribution is 2.46. The number of para-hydroxylation sites is 1. The molecule has 2 amide bonds. The van der Waals surface area contributed by atoms with Gasteiger partial charge in [0.15, 0.2) is 6.10 Å². The van der Waals surface area contributed by atoms with E-state index in [9.17, 15) is 35.9 Å². The minimum Gasteiger partial charge on any atom is -0.367 e. The second kappa shape index (κ2) is 8.00. The standard InChI is InChI=1S/C23H20F6N2O3/c1-12-4-3-5-13(2)17(12)31-11-21(6-7-34-18(21)19(31)32)20(33)30-16-9-14(22(24,25)26)8-15(10-16)23(27,28)29/h3-5,8-10,18H,6-7,11H2,1-2H3,(H,30,33)/t18-,21-/m1/s1. The molecule has 2 fully saturated rings. The van der Waals surface area contributed by atoms with Crippen LogP contribution in [-0.4, -0.2) is 31.1 Å². The van der Waals surface area contributed by atoms with E-state index in [-0.39, 0.29) is 25.6 Å². The number of anilines is 2. The lowest BCUT2D eigenvalue weighted by atomic mass is 9.82. The van der Waals surface area contributed by atoms with Gasteiger partial charge in [0.05, 0.1) is 11.1 Å². The van der Waals surface area contributed by atoms with Crippen LogP contribution in [0.4, 0.5) is 37.7 Å². The van der Waals surface area contributed by atoms with Crippen LogP contribution in [0.1, 0.15) is 28.7 Å². The van der Waals surface area contributed by atoms with Crippen LogP contribution in [0.25, 0.3) is 0 Å². The molecule has 0 bridgehead atoms. The third kappa shape index (κ3) is 4.02. The topological polar surface area (TPSA) is 58.6 Å². The van der Waals surface area contributed by atoms with Gasteiger partial charge in [-0.25, -0.2) is 0 Å². The van der Waals surface area contributed by atoms with Crippen molar-refractivity contribution in [2.45, 2.75) is 38.7 Å². The highest BCUT2D eigenvalue weighted by atomic mass is 19.4. The molecule has 0 aliphatic carbocycles. The number of nitrogens with one attached hydrogen (secondary N) is 1. The minimum absolute atomic E-state index is 0.0167. The van der Waals surface area contributed by atoms with E-state index in [4.69, 9.17) is 4.74 Å². The van der Waals surface area contributed by atoms with Crippen LogP contribution in [0, 0.1) is 19.3 Å². The molecule has 0 radical (unpaired) electrons. The average Bonchev–Trinajstić information content (AvgIpc) is 3.26. The smallest absolute Gasteiger partial charge is 0.367 e. The van der Waals surface area contributed by atoms with Crippen LogP contribution < -0.4 is 10.2 Å². The fourth-order valence-corrected chi connectivity index (χ4v) is 4.63. The number of nitrogens with zero attached hydrogens (tertiary/aromatic N) is 1. The molecular formula is C23H20F6N2O3. The quantitative estimate of drug-likeness (QED) is 0.615. The number of fused-ring (bicyclic) bond motifs is 1. The first-order valence-electron chi connectivity index (χ1n) is 10.3. The number of rotatable bonds is 3. The summed E-state index contributed by atoms with van der Waals surface area (Å²) in [5.41, 5.74) is -3.07. The van der Waals surface area contributed by atoms with Crippen molar-refractivity contribution in [2.75, 3.05) is 23.4 Å². The maximum atomic E-state index is 13.3. The van der Waals surface area contributed by atoms with Crippen LogP contribution >= 0.6 is 0 Å². The molecule has 0 spiro atoms. The second-order valence-corrected chi connectivity index (χ2v) is 8.57. The largest absolute Gasteiger partial charge is 0.416 e. The number of hydrogen-bond donors (Lipinski definition) is 1. The molecule has 1 N–H and O–H groups in total. The Labute approximate surface area is 190 Å². The van der Waals surface area contributed by atoms with E-state index in [1.54, 1.807) is 32.0 Å². The SMILES string of the molecule is Cc1cccc(C)c1N1C[C@]2(C(=O)Nc3cc(C(F)(F)F)cc(C(F)(F)F)c3)CCO[C@@H]2C1=O. The Kier molecular flexibility index (Phi) is 5.66. The summed E-state index contributed by atoms with van der Waals surface area (Å²) in [7, 11) is 0. The molecule has 2 aromatic rings. The molecule has 2 atom stereocenters. The summed E-state index contributed by atoms with van der Waals surface area (Å²) in [6, 6.07) is 6.25. The molecule has 0 unspecified atom stereocenters. The third-order valence-electron chi connectivity index (χ3n) is 6.27. The van der Waals surface area contributed by atoms with Gasteiger partial charge in [0, 0.05) is 24.5 Å². The van der Waals surface area contributed by atoms with Crippen LogP contribution in [0.5, 0.6) is 0 Å². The number of carbonyl (C=O) groups is 2. The lowest BCUT2D eigenvalue weighted by molar-refractivity contribution is -0.143. The zero-order valence-corrected chi connectivity index (χ0v) is 18.1. The van der Waals surface area contributed by atoms with Gasteiger partial charge in [0.1, 0.15) is 5.41 Å². The number of ether oxygens (including phenoxy) is 1. The van der Waals surface area contributed by atoms with Crippen LogP contribution in [0.15, 0.2) is 36.4 Å². The molecule has 5 nitrogen and oxygen atoms in total. The number of benzene rings is 2. The highest BCUT2D eigenvalue weighted by Gasteiger charge is 2.61. The van der Waals surface area contributed by atoms with Gasteiger partial charge in [-0.3, -0.25) is 9.59 Å². The Bertz CT molecular complexity index is 1110. The Morgan fingerprint density at radius 3 is 2.12 bits per heavy atom. The van der Waals surface area contributed by atoms with Gasteiger partial charge in [-0.1, -0.05) is 18.2 Å². The summed E-state index contributed by atoms with van der Waals surface area (Å²) < 4.78 is 84.7. The lowest BCUT2D eigenvalue weighted by Crippen LogP contribution is -2.43. The van der Waals surface area contributed by atoms with Crippen LogP contribution in [0.3, 0.4) is 0 Å². The molecule has 0 aromatic heterocycles. The average molecular weight is 486 g/mol. The Morgan fingerprint density at radius 2 is 1.59 bits per heavy atom. The zero-order chi connectivity index (χ0) is 25.1. The van der Waals surface area contributed by atoms with E-state index in [0.717, 1.165) is 11.1 Å². The Hall–Kier alpha value is -3.08. The predicted molar refractivity (Wildman–Crippen MR) is 110 cm³/mol. The van der Waals surface area contributed by atoms with Gasteiger partial charge in [-0.15, -0.1) is 0 Å². The fraction of sp³-hybridized carbons (Fsp3) is 0.391. The normalized spacial score (nSPS) is 22.8. The molecule has 2 aromatic carbocycles. The Morgan fingerprint density at radius 1 is 1.03 bits per heavy atom. The molecule has 2 saturated heterocycles. The first-order chi connectivity index (χ1) is 15.7. The lowest BCUT2D eigenvalue weighted by Gasteiger charge is -2.26. The van der Waals surface area contributed by atoms with Gasteiger partial charge in [-0.2, -0.15) is 26.3 Å². The number of carbonyl (C=O) groups excluding carboxylic acids is 2. The van der Waals surface area contributed by atoms with Crippen molar-refractivity contribution in [1.82, 2.24) is 0 Å². The molecule has 11 heteroatoms. The maximum Gasteiger partial charge on any atom is 0.416 e. The first kappa shape index (κ1) is 24.1. The van der Waals surface area contributed by atoms with Gasteiger partial charge in [-0.05, 0) is 49.6 Å². The van der Waals surface area contributed by atoms with Crippen molar-refractivity contribution < 1.29 is 40.7 Å². The number of amides is 2. The fourth-order valence-electron chi connectivity index (χ4n) is 4.63. The molecule has 0 saturated carbocycles. The van der Waals surface area contributed by atoms with Gasteiger partial charge in [0.2, 0.25) is 5.91 Å². The number of alkyl halides is 6. The minimum atomic E-state index is -5.06. The zero-order valence-electron chi connectivity index (χ0n) is 18.1. The summed E-state index contributed by atoms with van der Waals surface area (Å²) in [5, 5.41) is 2.20. The van der Waals surface area contributed by atoms with E-state index in [2.05, 4.69) is 5.32 Å². The van der Waals surface area contributed by atoms with Crippen molar-refractivity contribution >= 4 is 23.2 Å². The van der Waals surface area contributed by atoms with Gasteiger partial charge >= 0.3 is 12.4 Å². The number of hydrogen-bond acceptors (Lipinski definition) is 3. The molecule has 2 aliphatic rings. The van der Waals surface area contributed by atoms with Gasteiger partial charge in [0.25, 0.3) is 5.91 Å². The van der Waals surface area contributed by atoms with E-state index < -0.39 is 52.5 Å². The molecule has 2 heterocycles. The second-order valence-electron chi connectivity index (χ2n) is 8.57. The van der Waals surface area contributed by atoms with Crippen molar-refractivity contribution in [3.63, 3.8) is 0 Å². The van der Waals surface area contributed by atoms with Crippen LogP contribution in [0.2, 0.25) is 0 Å². The summed E-state index contributed by atoms with van der Waals surface area (Å²) in [5.74, 6) is -1.35. The van der Waals surface area contributed by atoms with Crippen molar-refractivity contribution in [3.8, 4) is 0 Å². The monoisotopic (exact) mass is 486 g/mol. The van der Waals surface area contributed by atoms with Crippen molar-refractivity contribution in [3.05, 3.63) is 58.7 Å².